The Morgan fingerprint density at radius 1 is 1.16 bits per heavy atom. The van der Waals surface area contributed by atoms with Gasteiger partial charge in [0.15, 0.2) is 0 Å². The van der Waals surface area contributed by atoms with Crippen LogP contribution in [0.4, 0.5) is 0 Å². The Morgan fingerprint density at radius 3 is 2.76 bits per heavy atom. The molecule has 5 heteroatoms. The molecule has 2 heterocycles. The third kappa shape index (κ3) is 4.86. The Balaban J connectivity index is 1.52. The van der Waals surface area contributed by atoms with Crippen LogP contribution in [-0.4, -0.2) is 21.8 Å². The predicted molar refractivity (Wildman–Crippen MR) is 103 cm³/mol. The molecule has 25 heavy (non-hydrogen) atoms. The van der Waals surface area contributed by atoms with Gasteiger partial charge in [0.2, 0.25) is 0 Å². The number of imidazole rings is 1. The summed E-state index contributed by atoms with van der Waals surface area (Å²) in [7, 11) is 0. The Bertz CT molecular complexity index is 793. The van der Waals surface area contributed by atoms with E-state index < -0.39 is 0 Å². The number of nitrogens with one attached hydrogen (secondary N) is 1. The molecule has 1 N–H and O–H groups in total. The van der Waals surface area contributed by atoms with Crippen LogP contribution in [0.2, 0.25) is 0 Å². The number of benzene rings is 1. The van der Waals surface area contributed by atoms with Crippen molar-refractivity contribution in [2.45, 2.75) is 36.8 Å². The van der Waals surface area contributed by atoms with Crippen LogP contribution < -0.4 is 5.32 Å². The van der Waals surface area contributed by atoms with Crippen molar-refractivity contribution >= 4 is 23.3 Å². The number of rotatable bonds is 8. The molecule has 1 aromatic carbocycles. The van der Waals surface area contributed by atoms with Crippen LogP contribution in [0.25, 0.3) is 5.65 Å². The highest BCUT2D eigenvalue weighted by atomic mass is 32.2. The van der Waals surface area contributed by atoms with Gasteiger partial charge in [-0.2, -0.15) is 0 Å². The quantitative estimate of drug-likeness (QED) is 0.477. The van der Waals surface area contributed by atoms with Gasteiger partial charge in [-0.15, -0.1) is 11.8 Å². The number of hydrogen-bond donors (Lipinski definition) is 1. The van der Waals surface area contributed by atoms with Gasteiger partial charge in [-0.3, -0.25) is 4.79 Å². The number of hydrogen-bond acceptors (Lipinski definition) is 3. The summed E-state index contributed by atoms with van der Waals surface area (Å²) < 4.78 is 2.03. The minimum absolute atomic E-state index is 0.00741. The van der Waals surface area contributed by atoms with Crippen molar-refractivity contribution in [2.75, 3.05) is 6.54 Å². The molecule has 2 aromatic heterocycles. The van der Waals surface area contributed by atoms with E-state index in [1.54, 1.807) is 11.8 Å². The first kappa shape index (κ1) is 17.5. The van der Waals surface area contributed by atoms with Gasteiger partial charge in [-0.05, 0) is 42.8 Å². The maximum Gasteiger partial charge on any atom is 0.251 e. The summed E-state index contributed by atoms with van der Waals surface area (Å²) in [6.45, 7) is 2.90. The van der Waals surface area contributed by atoms with Gasteiger partial charge in [-0.25, -0.2) is 4.98 Å². The van der Waals surface area contributed by atoms with E-state index in [-0.39, 0.29) is 5.91 Å². The largest absolute Gasteiger partial charge is 0.352 e. The first-order chi connectivity index (χ1) is 12.3. The van der Waals surface area contributed by atoms with Crippen molar-refractivity contribution in [3.8, 4) is 0 Å². The number of fused-ring (bicyclic) bond motifs is 1. The van der Waals surface area contributed by atoms with E-state index in [9.17, 15) is 4.79 Å². The molecule has 0 radical (unpaired) electrons. The first-order valence-electron chi connectivity index (χ1n) is 8.70. The monoisotopic (exact) mass is 353 g/mol. The summed E-state index contributed by atoms with van der Waals surface area (Å²) in [5, 5.41) is 2.97. The number of carbonyl (C=O) groups excluding carboxylic acids is 1. The molecule has 0 spiro atoms. The van der Waals surface area contributed by atoms with E-state index in [1.807, 2.05) is 53.1 Å². The fourth-order valence-electron chi connectivity index (χ4n) is 2.60. The maximum atomic E-state index is 12.1. The predicted octanol–water partition coefficient (Wildman–Crippen LogP) is 4.55. The van der Waals surface area contributed by atoms with Gasteiger partial charge < -0.3 is 9.72 Å². The van der Waals surface area contributed by atoms with E-state index >= 15 is 0 Å². The third-order valence-electron chi connectivity index (χ3n) is 3.98. The van der Waals surface area contributed by atoms with Crippen molar-refractivity contribution in [3.05, 3.63) is 66.1 Å². The minimum Gasteiger partial charge on any atom is -0.352 e. The lowest BCUT2D eigenvalue weighted by Crippen LogP contribution is -2.24. The molecule has 4 nitrogen and oxygen atoms in total. The highest BCUT2D eigenvalue weighted by Gasteiger charge is 2.06. The van der Waals surface area contributed by atoms with E-state index in [0.29, 0.717) is 5.56 Å². The molecule has 0 saturated carbocycles. The average Bonchev–Trinajstić information content (AvgIpc) is 3.07. The van der Waals surface area contributed by atoms with Gasteiger partial charge in [-0.1, -0.05) is 25.8 Å². The molecule has 0 bridgehead atoms. The smallest absolute Gasteiger partial charge is 0.251 e. The van der Waals surface area contributed by atoms with Crippen LogP contribution >= 0.6 is 11.8 Å². The number of unbranched alkanes of at least 4 members (excludes halogenated alkanes) is 2. The van der Waals surface area contributed by atoms with E-state index in [2.05, 4.69) is 23.4 Å². The van der Waals surface area contributed by atoms with Crippen LogP contribution in [0.1, 0.15) is 42.2 Å². The lowest BCUT2D eigenvalue weighted by molar-refractivity contribution is 0.0953. The first-order valence-corrected chi connectivity index (χ1v) is 9.68. The zero-order valence-electron chi connectivity index (χ0n) is 14.4. The Morgan fingerprint density at radius 2 is 2.00 bits per heavy atom. The molecule has 0 unspecified atom stereocenters. The van der Waals surface area contributed by atoms with E-state index in [1.165, 1.54) is 0 Å². The zero-order chi connectivity index (χ0) is 17.5. The lowest BCUT2D eigenvalue weighted by atomic mass is 10.2. The number of nitrogens with zero attached hydrogens (tertiary/aromatic N) is 2. The molecule has 0 aliphatic heterocycles. The molecule has 0 fully saturated rings. The number of thioether (sulfide) groups is 1. The van der Waals surface area contributed by atoms with E-state index in [0.717, 1.165) is 47.8 Å². The number of carbonyl (C=O) groups is 1. The topological polar surface area (TPSA) is 46.4 Å². The van der Waals surface area contributed by atoms with Crippen molar-refractivity contribution in [2.24, 2.45) is 0 Å². The summed E-state index contributed by atoms with van der Waals surface area (Å²) in [4.78, 5) is 17.8. The lowest BCUT2D eigenvalue weighted by Gasteiger charge is -2.05. The Labute approximate surface area is 152 Å². The van der Waals surface area contributed by atoms with Crippen LogP contribution in [0, 0.1) is 0 Å². The molecular weight excluding hydrogens is 330 g/mol. The number of pyridine rings is 1. The maximum absolute atomic E-state index is 12.1. The highest BCUT2D eigenvalue weighted by molar-refractivity contribution is 7.98. The molecule has 3 aromatic rings. The summed E-state index contributed by atoms with van der Waals surface area (Å²) >= 11 is 1.73. The minimum atomic E-state index is 0.00741. The molecule has 0 saturated heterocycles. The third-order valence-corrected chi connectivity index (χ3v) is 5.03. The molecule has 0 aliphatic rings. The standard InChI is InChI=1S/C20H23N3OS/c1-2-3-5-12-21-20(24)16-8-10-18(11-9-16)25-15-17-14-23-13-6-4-7-19(23)22-17/h4,6-11,13-14H,2-3,5,12,15H2,1H3,(H,21,24). The second-order valence-electron chi connectivity index (χ2n) is 5.97. The van der Waals surface area contributed by atoms with Gasteiger partial charge in [0, 0.05) is 35.2 Å². The average molecular weight is 353 g/mol. The fourth-order valence-corrected chi connectivity index (χ4v) is 3.38. The fraction of sp³-hybridized carbons (Fsp3) is 0.300. The Kier molecular flexibility index (Phi) is 6.12. The van der Waals surface area contributed by atoms with Crippen LogP contribution in [0.15, 0.2) is 59.8 Å². The van der Waals surface area contributed by atoms with Crippen molar-refractivity contribution in [1.82, 2.24) is 14.7 Å². The molecule has 130 valence electrons. The van der Waals surface area contributed by atoms with E-state index in [4.69, 9.17) is 0 Å². The molecule has 0 atom stereocenters. The summed E-state index contributed by atoms with van der Waals surface area (Å²) in [6.07, 6.45) is 7.41. The number of amides is 1. The van der Waals surface area contributed by atoms with Gasteiger partial charge in [0.1, 0.15) is 5.65 Å². The van der Waals surface area contributed by atoms with Crippen LogP contribution in [0.5, 0.6) is 0 Å². The highest BCUT2D eigenvalue weighted by Crippen LogP contribution is 2.23. The molecular formula is C20H23N3OS. The van der Waals surface area contributed by atoms with Gasteiger partial charge in [0.25, 0.3) is 5.91 Å². The normalized spacial score (nSPS) is 10.9. The summed E-state index contributed by atoms with van der Waals surface area (Å²) in [6, 6.07) is 13.8. The van der Waals surface area contributed by atoms with Crippen molar-refractivity contribution in [1.29, 1.82) is 0 Å². The van der Waals surface area contributed by atoms with Gasteiger partial charge >= 0.3 is 0 Å². The molecule has 3 rings (SSSR count). The second-order valence-corrected chi connectivity index (χ2v) is 7.02. The zero-order valence-corrected chi connectivity index (χ0v) is 15.3. The molecule has 1 amide bonds. The Hall–Kier alpha value is -2.27. The summed E-state index contributed by atoms with van der Waals surface area (Å²) in [5.41, 5.74) is 2.73. The summed E-state index contributed by atoms with van der Waals surface area (Å²) in [5.74, 6) is 0.817. The second kappa shape index (κ2) is 8.72. The van der Waals surface area contributed by atoms with Crippen LogP contribution in [0.3, 0.4) is 0 Å². The van der Waals surface area contributed by atoms with Crippen LogP contribution in [-0.2, 0) is 5.75 Å². The number of aromatic nitrogens is 2. The van der Waals surface area contributed by atoms with Crippen molar-refractivity contribution < 1.29 is 4.79 Å². The van der Waals surface area contributed by atoms with Crippen molar-refractivity contribution in [3.63, 3.8) is 0 Å². The van der Waals surface area contributed by atoms with Gasteiger partial charge in [0.05, 0.1) is 5.69 Å². The SMILES string of the molecule is CCCCCNC(=O)c1ccc(SCc2cn3ccccc3n2)cc1. The molecule has 0 aliphatic carbocycles.